The van der Waals surface area contributed by atoms with Crippen LogP contribution in [0.2, 0.25) is 0 Å². The molecule has 0 aliphatic carbocycles. The Balaban J connectivity index is 1.60. The molecule has 8 nitrogen and oxygen atoms in total. The fourth-order valence-electron chi connectivity index (χ4n) is 4.98. The molecule has 0 bridgehead atoms. The summed E-state index contributed by atoms with van der Waals surface area (Å²) in [4.78, 5) is 4.51. The molecule has 2 aliphatic heterocycles. The fraction of sp³-hybridized carbons (Fsp3) is 0.214. The summed E-state index contributed by atoms with van der Waals surface area (Å²) in [5, 5.41) is 8.14. The second-order valence-corrected chi connectivity index (χ2v) is 8.77. The van der Waals surface area contributed by atoms with Crippen molar-refractivity contribution < 1.29 is 18.9 Å². The van der Waals surface area contributed by atoms with Gasteiger partial charge in [0, 0.05) is 11.1 Å². The van der Waals surface area contributed by atoms with Gasteiger partial charge in [0.15, 0.2) is 11.5 Å². The maximum Gasteiger partial charge on any atom is 0.226 e. The van der Waals surface area contributed by atoms with Crippen molar-refractivity contribution in [2.75, 3.05) is 26.6 Å². The molecule has 182 valence electrons. The molecule has 4 aromatic rings. The number of nitrogens with zero attached hydrogens (tertiary/aromatic N) is 3. The molecule has 0 amide bonds. The number of rotatable bonds is 5. The minimum atomic E-state index is -0.371. The zero-order valence-electron chi connectivity index (χ0n) is 20.5. The lowest BCUT2D eigenvalue weighted by atomic mass is 9.84. The zero-order valence-corrected chi connectivity index (χ0v) is 20.5. The third kappa shape index (κ3) is 3.45. The van der Waals surface area contributed by atoms with E-state index in [4.69, 9.17) is 18.9 Å². The molecule has 1 N–H and O–H groups in total. The molecule has 0 saturated carbocycles. The Bertz CT molecular complexity index is 1480. The lowest BCUT2D eigenvalue weighted by Gasteiger charge is -2.39. The van der Waals surface area contributed by atoms with Gasteiger partial charge in [0.2, 0.25) is 5.95 Å². The smallest absolute Gasteiger partial charge is 0.226 e. The van der Waals surface area contributed by atoms with Crippen LogP contribution in [0, 0.1) is 6.92 Å². The summed E-state index contributed by atoms with van der Waals surface area (Å²) in [5.41, 5.74) is 6.12. The second-order valence-electron chi connectivity index (χ2n) is 8.77. The predicted octanol–water partition coefficient (Wildman–Crippen LogP) is 5.17. The van der Waals surface area contributed by atoms with Gasteiger partial charge in [0.25, 0.3) is 0 Å². The molecule has 3 aromatic carbocycles. The first-order valence-electron chi connectivity index (χ1n) is 11.7. The van der Waals surface area contributed by atoms with Crippen molar-refractivity contribution in [2.24, 2.45) is 0 Å². The maximum absolute atomic E-state index is 6.70. The largest absolute Gasteiger partial charge is 0.497 e. The van der Waals surface area contributed by atoms with Crippen molar-refractivity contribution in [3.8, 4) is 23.0 Å². The van der Waals surface area contributed by atoms with Crippen molar-refractivity contribution in [1.29, 1.82) is 0 Å². The van der Waals surface area contributed by atoms with Gasteiger partial charge >= 0.3 is 0 Å². The standard InChI is InChI=1S/C28H26N4O4/c1-16-5-11-21-20(13-16)25-24(27(36-21)17-6-9-19(33-2)10-7-17)26(32-28(31-25)29-15-30-32)18-8-12-22(34-3)23(14-18)35-4/h5-15,26-27H,1-4H3,(H,29,30,31)/t26-,27+/m0/s1. The Kier molecular flexibility index (Phi) is 5.29. The van der Waals surface area contributed by atoms with Crippen LogP contribution in [0.3, 0.4) is 0 Å². The minimum Gasteiger partial charge on any atom is -0.497 e. The lowest BCUT2D eigenvalue weighted by Crippen LogP contribution is -2.32. The van der Waals surface area contributed by atoms with Crippen LogP contribution in [0.1, 0.15) is 34.4 Å². The first-order valence-corrected chi connectivity index (χ1v) is 11.7. The average molecular weight is 483 g/mol. The van der Waals surface area contributed by atoms with E-state index in [1.165, 1.54) is 0 Å². The highest BCUT2D eigenvalue weighted by Crippen LogP contribution is 2.51. The summed E-state index contributed by atoms with van der Waals surface area (Å²) < 4.78 is 25.1. The first-order chi connectivity index (χ1) is 17.6. The van der Waals surface area contributed by atoms with Crippen molar-refractivity contribution >= 4 is 11.6 Å². The third-order valence-corrected chi connectivity index (χ3v) is 6.71. The van der Waals surface area contributed by atoms with Crippen LogP contribution in [0.5, 0.6) is 23.0 Å². The molecule has 2 atom stereocenters. The Morgan fingerprint density at radius 3 is 2.39 bits per heavy atom. The Morgan fingerprint density at radius 1 is 0.861 bits per heavy atom. The van der Waals surface area contributed by atoms with Crippen molar-refractivity contribution in [1.82, 2.24) is 14.8 Å². The number of aromatic nitrogens is 3. The summed E-state index contributed by atoms with van der Waals surface area (Å²) in [6.07, 6.45) is 1.19. The normalized spacial score (nSPS) is 17.8. The van der Waals surface area contributed by atoms with E-state index in [0.717, 1.165) is 45.0 Å². The van der Waals surface area contributed by atoms with Crippen LogP contribution in [-0.2, 0) is 0 Å². The number of nitrogens with one attached hydrogen (secondary N) is 1. The summed E-state index contributed by atoms with van der Waals surface area (Å²) in [7, 11) is 4.93. The van der Waals surface area contributed by atoms with Gasteiger partial charge in [0.05, 0.1) is 27.0 Å². The summed E-state index contributed by atoms with van der Waals surface area (Å²) in [6.45, 7) is 2.08. The van der Waals surface area contributed by atoms with Crippen LogP contribution in [0.4, 0.5) is 5.95 Å². The number of ether oxygens (including phenoxy) is 4. The molecular weight excluding hydrogens is 456 g/mol. The van der Waals surface area contributed by atoms with Crippen molar-refractivity contribution in [3.05, 3.63) is 94.8 Å². The highest BCUT2D eigenvalue weighted by molar-refractivity contribution is 5.85. The van der Waals surface area contributed by atoms with E-state index in [2.05, 4.69) is 34.5 Å². The highest BCUT2D eigenvalue weighted by Gasteiger charge is 2.41. The van der Waals surface area contributed by atoms with Crippen LogP contribution in [-0.4, -0.2) is 36.1 Å². The molecule has 0 radical (unpaired) electrons. The molecule has 0 fully saturated rings. The maximum atomic E-state index is 6.70. The fourth-order valence-corrected chi connectivity index (χ4v) is 4.98. The van der Waals surface area contributed by atoms with Crippen LogP contribution < -0.4 is 24.3 Å². The molecule has 0 spiro atoms. The number of methoxy groups -OCH3 is 3. The highest BCUT2D eigenvalue weighted by atomic mass is 16.5. The van der Waals surface area contributed by atoms with Crippen LogP contribution in [0.15, 0.2) is 72.6 Å². The molecule has 0 unspecified atom stereocenters. The summed E-state index contributed by atoms with van der Waals surface area (Å²) in [6, 6.07) is 19.8. The number of benzene rings is 3. The van der Waals surface area contributed by atoms with Gasteiger partial charge < -0.3 is 24.3 Å². The van der Waals surface area contributed by atoms with Crippen molar-refractivity contribution in [3.63, 3.8) is 0 Å². The SMILES string of the molecule is COc1ccc([C@H]2Oc3ccc(C)cc3C3=C2[C@H](c2ccc(OC)c(OC)c2)n2ncnc2N3)cc1. The number of fused-ring (bicyclic) bond motifs is 3. The molecule has 3 heterocycles. The molecule has 2 aliphatic rings. The minimum absolute atomic E-state index is 0.292. The topological polar surface area (TPSA) is 79.7 Å². The van der Waals surface area contributed by atoms with E-state index in [9.17, 15) is 0 Å². The molecular formula is C28H26N4O4. The van der Waals surface area contributed by atoms with E-state index in [0.29, 0.717) is 17.4 Å². The van der Waals surface area contributed by atoms with Crippen molar-refractivity contribution in [2.45, 2.75) is 19.1 Å². The molecule has 36 heavy (non-hydrogen) atoms. The summed E-state index contributed by atoms with van der Waals surface area (Å²) >= 11 is 0. The summed E-state index contributed by atoms with van der Waals surface area (Å²) in [5.74, 6) is 3.57. The molecule has 0 saturated heterocycles. The first kappa shape index (κ1) is 22.0. The monoisotopic (exact) mass is 482 g/mol. The Labute approximate surface area is 209 Å². The van der Waals surface area contributed by atoms with Gasteiger partial charge in [-0.3, -0.25) is 0 Å². The number of hydrogen-bond donors (Lipinski definition) is 1. The van der Waals surface area contributed by atoms with Gasteiger partial charge in [-0.25, -0.2) is 4.68 Å². The second kappa shape index (κ2) is 8.64. The van der Waals surface area contributed by atoms with E-state index >= 15 is 0 Å². The van der Waals surface area contributed by atoms with E-state index in [1.54, 1.807) is 27.7 Å². The van der Waals surface area contributed by atoms with Gasteiger partial charge in [-0.15, -0.1) is 0 Å². The van der Waals surface area contributed by atoms with Gasteiger partial charge in [0.1, 0.15) is 30.0 Å². The number of hydrogen-bond acceptors (Lipinski definition) is 7. The lowest BCUT2D eigenvalue weighted by molar-refractivity contribution is 0.223. The van der Waals surface area contributed by atoms with Crippen LogP contribution >= 0.6 is 0 Å². The molecule has 8 heteroatoms. The van der Waals surface area contributed by atoms with Crippen LogP contribution in [0.25, 0.3) is 5.70 Å². The number of anilines is 1. The van der Waals surface area contributed by atoms with Gasteiger partial charge in [-0.1, -0.05) is 29.8 Å². The molecule has 1 aromatic heterocycles. The Hall–Kier alpha value is -4.46. The third-order valence-electron chi connectivity index (χ3n) is 6.71. The molecule has 6 rings (SSSR count). The predicted molar refractivity (Wildman–Crippen MR) is 136 cm³/mol. The zero-order chi connectivity index (χ0) is 24.8. The quantitative estimate of drug-likeness (QED) is 0.420. The van der Waals surface area contributed by atoms with E-state index in [1.807, 2.05) is 53.2 Å². The van der Waals surface area contributed by atoms with E-state index < -0.39 is 0 Å². The van der Waals surface area contributed by atoms with Gasteiger partial charge in [-0.05, 0) is 54.4 Å². The van der Waals surface area contributed by atoms with E-state index in [-0.39, 0.29) is 12.1 Å². The Morgan fingerprint density at radius 2 is 1.64 bits per heavy atom. The number of aryl methyl sites for hydroxylation is 1. The average Bonchev–Trinajstić information content (AvgIpc) is 3.39. The van der Waals surface area contributed by atoms with Gasteiger partial charge in [-0.2, -0.15) is 10.1 Å².